The molecule has 2 fully saturated rings. The van der Waals surface area contributed by atoms with Crippen LogP contribution >= 0.6 is 0 Å². The Morgan fingerprint density at radius 3 is 2.40 bits per heavy atom. The van der Waals surface area contributed by atoms with Crippen LogP contribution in [0.25, 0.3) is 22.2 Å². The summed E-state index contributed by atoms with van der Waals surface area (Å²) in [4.78, 5) is 41.4. The lowest BCUT2D eigenvalue weighted by Gasteiger charge is -2.26. The number of fused-ring (bicyclic) bond motifs is 1. The summed E-state index contributed by atoms with van der Waals surface area (Å²) in [6.07, 6.45) is 5.49. The van der Waals surface area contributed by atoms with Crippen LogP contribution in [0.5, 0.6) is 5.75 Å². The van der Waals surface area contributed by atoms with Crippen LogP contribution in [0.2, 0.25) is 0 Å². The minimum atomic E-state index is -0.377. The van der Waals surface area contributed by atoms with Crippen LogP contribution in [0.4, 0.5) is 5.69 Å². The molecule has 13 heteroatoms. The van der Waals surface area contributed by atoms with E-state index in [0.717, 1.165) is 96.0 Å². The van der Waals surface area contributed by atoms with Gasteiger partial charge in [0.2, 0.25) is 0 Å². The smallest absolute Gasteiger partial charge is 0.270 e. The van der Waals surface area contributed by atoms with Crippen molar-refractivity contribution >= 4 is 28.5 Å². The van der Waals surface area contributed by atoms with E-state index in [1.807, 2.05) is 29.9 Å². The SMILES string of the molecule is CCc1nc2c(cnn2CC)c(NC2CCOCC2)c1CNC(=O)c1cccc(C(=O)NCc2ccc(OC)c(-c3cccc(CN4CCCN(C)CC4)c3)c2)n1. The molecule has 3 N–H and O–H groups in total. The number of hydrogen-bond donors (Lipinski definition) is 3. The molecule has 2 amide bonds. The second kappa shape index (κ2) is 18.7. The number of anilines is 1. The van der Waals surface area contributed by atoms with Crippen molar-refractivity contribution in [1.29, 1.82) is 0 Å². The summed E-state index contributed by atoms with van der Waals surface area (Å²) in [5.41, 5.74) is 8.11. The average molecular weight is 774 g/mol. The molecule has 0 atom stereocenters. The van der Waals surface area contributed by atoms with E-state index in [1.165, 1.54) is 12.0 Å². The Hall–Kier alpha value is -5.37. The van der Waals surface area contributed by atoms with Gasteiger partial charge in [-0.15, -0.1) is 0 Å². The quantitative estimate of drug-likeness (QED) is 0.129. The highest BCUT2D eigenvalue weighted by molar-refractivity contribution is 5.97. The second-order valence-corrected chi connectivity index (χ2v) is 14.9. The first-order valence-corrected chi connectivity index (χ1v) is 20.3. The number of carbonyl (C=O) groups is 2. The van der Waals surface area contributed by atoms with Crippen molar-refractivity contribution < 1.29 is 19.1 Å². The Balaban J connectivity index is 1.02. The number of ether oxygens (including phenoxy) is 2. The average Bonchev–Trinajstić information content (AvgIpc) is 3.56. The summed E-state index contributed by atoms with van der Waals surface area (Å²) < 4.78 is 13.3. The van der Waals surface area contributed by atoms with E-state index in [-0.39, 0.29) is 42.3 Å². The number of methoxy groups -OCH3 is 1. The van der Waals surface area contributed by atoms with Crippen LogP contribution in [-0.4, -0.2) is 101 Å². The van der Waals surface area contributed by atoms with Gasteiger partial charge >= 0.3 is 0 Å². The highest BCUT2D eigenvalue weighted by atomic mass is 16.5. The zero-order chi connectivity index (χ0) is 39.7. The highest BCUT2D eigenvalue weighted by Gasteiger charge is 2.23. The van der Waals surface area contributed by atoms with Crippen LogP contribution in [-0.2, 0) is 37.3 Å². The predicted octanol–water partition coefficient (Wildman–Crippen LogP) is 5.67. The third-order valence-electron chi connectivity index (χ3n) is 11.0. The minimum absolute atomic E-state index is 0.159. The number of aromatic nitrogens is 4. The Kier molecular flexibility index (Phi) is 13.1. The number of benzene rings is 2. The Bertz CT molecular complexity index is 2180. The van der Waals surface area contributed by atoms with Gasteiger partial charge in [0.15, 0.2) is 5.65 Å². The van der Waals surface area contributed by atoms with Crippen molar-refractivity contribution in [2.75, 3.05) is 58.9 Å². The Labute approximate surface area is 335 Å². The number of hydrogen-bond acceptors (Lipinski definition) is 10. The van der Waals surface area contributed by atoms with Gasteiger partial charge in [-0.05, 0) is 99.8 Å². The second-order valence-electron chi connectivity index (χ2n) is 14.9. The first-order chi connectivity index (χ1) is 27.8. The molecule has 2 aliphatic heterocycles. The van der Waals surface area contributed by atoms with E-state index in [0.29, 0.717) is 26.2 Å². The number of aryl methyl sites for hydroxylation is 2. The van der Waals surface area contributed by atoms with Crippen molar-refractivity contribution in [3.05, 3.63) is 101 Å². The minimum Gasteiger partial charge on any atom is -0.496 e. The van der Waals surface area contributed by atoms with Gasteiger partial charge in [0.1, 0.15) is 17.1 Å². The standard InChI is InChI=1S/C44H55N9O4/c1-5-37-35(41(48-33-16-22-57-23-17-33)36-28-47-53(6-2)42(36)50-37)27-46-44(55)39-13-8-12-38(49-39)43(54)45-26-30-14-15-40(56-4)34(25-30)32-11-7-10-31(24-32)29-52-19-9-18-51(3)20-21-52/h7-8,10-15,24-25,28,33H,5-6,9,16-23,26-27,29H2,1-4H3,(H,45,54)(H,46,55)(H,48,50). The van der Waals surface area contributed by atoms with Crippen LogP contribution in [0, 0.1) is 0 Å². The van der Waals surface area contributed by atoms with Gasteiger partial charge in [0, 0.05) is 75.3 Å². The first-order valence-electron chi connectivity index (χ1n) is 20.3. The highest BCUT2D eigenvalue weighted by Crippen LogP contribution is 2.33. The third-order valence-corrected chi connectivity index (χ3v) is 11.0. The summed E-state index contributed by atoms with van der Waals surface area (Å²) in [7, 11) is 3.86. The molecule has 13 nitrogen and oxygen atoms in total. The lowest BCUT2D eigenvalue weighted by molar-refractivity contribution is 0.0904. The van der Waals surface area contributed by atoms with Gasteiger partial charge in [0.25, 0.3) is 11.8 Å². The van der Waals surface area contributed by atoms with Crippen LogP contribution in [0.3, 0.4) is 0 Å². The number of pyridine rings is 2. The maximum atomic E-state index is 13.6. The van der Waals surface area contributed by atoms with E-state index in [1.54, 1.807) is 25.3 Å². The molecular weight excluding hydrogens is 719 g/mol. The molecule has 0 bridgehead atoms. The van der Waals surface area contributed by atoms with Crippen molar-refractivity contribution in [3.63, 3.8) is 0 Å². The fourth-order valence-corrected chi connectivity index (χ4v) is 7.76. The predicted molar refractivity (Wildman–Crippen MR) is 222 cm³/mol. The summed E-state index contributed by atoms with van der Waals surface area (Å²) in [6, 6.07) is 19.7. The number of amides is 2. The van der Waals surface area contributed by atoms with Gasteiger partial charge < -0.3 is 30.3 Å². The van der Waals surface area contributed by atoms with Crippen molar-refractivity contribution in [3.8, 4) is 16.9 Å². The third kappa shape index (κ3) is 9.61. The molecule has 0 aliphatic carbocycles. The van der Waals surface area contributed by atoms with E-state index < -0.39 is 0 Å². The van der Waals surface area contributed by atoms with Gasteiger partial charge in [-0.2, -0.15) is 5.10 Å². The Morgan fingerprint density at radius 2 is 1.65 bits per heavy atom. The number of rotatable bonds is 14. The molecule has 0 spiro atoms. The molecule has 7 rings (SSSR count). The van der Waals surface area contributed by atoms with Gasteiger partial charge in [-0.1, -0.05) is 37.3 Å². The Morgan fingerprint density at radius 1 is 0.877 bits per heavy atom. The van der Waals surface area contributed by atoms with Crippen LogP contribution in [0.15, 0.2) is 66.9 Å². The molecule has 2 saturated heterocycles. The van der Waals surface area contributed by atoms with E-state index in [2.05, 4.69) is 80.1 Å². The first kappa shape index (κ1) is 39.8. The fourth-order valence-electron chi connectivity index (χ4n) is 7.76. The number of likely N-dealkylation sites (N-methyl/N-ethyl adjacent to an activating group) is 1. The summed E-state index contributed by atoms with van der Waals surface area (Å²) >= 11 is 0. The van der Waals surface area contributed by atoms with Crippen molar-refractivity contribution in [2.45, 2.75) is 71.8 Å². The zero-order valence-corrected chi connectivity index (χ0v) is 33.6. The molecule has 0 unspecified atom stereocenters. The maximum Gasteiger partial charge on any atom is 0.270 e. The number of nitrogens with one attached hydrogen (secondary N) is 3. The lowest BCUT2D eigenvalue weighted by Crippen LogP contribution is -2.30. The van der Waals surface area contributed by atoms with E-state index in [4.69, 9.17) is 14.5 Å². The molecule has 0 radical (unpaired) electrons. The molecule has 5 aromatic rings. The topological polar surface area (TPSA) is 139 Å². The summed E-state index contributed by atoms with van der Waals surface area (Å²) in [6.45, 7) is 12.0. The van der Waals surface area contributed by atoms with E-state index >= 15 is 0 Å². The zero-order valence-electron chi connectivity index (χ0n) is 33.6. The van der Waals surface area contributed by atoms with E-state index in [9.17, 15) is 9.59 Å². The maximum absolute atomic E-state index is 13.6. The molecular formula is C44H55N9O4. The van der Waals surface area contributed by atoms with Crippen LogP contribution in [0.1, 0.15) is 76.5 Å². The molecule has 2 aliphatic rings. The monoisotopic (exact) mass is 773 g/mol. The normalized spacial score (nSPS) is 15.6. The summed E-state index contributed by atoms with van der Waals surface area (Å²) in [5.74, 6) is 0.0208. The number of carbonyl (C=O) groups excluding carboxylic acids is 2. The molecule has 3 aromatic heterocycles. The summed E-state index contributed by atoms with van der Waals surface area (Å²) in [5, 5.41) is 15.3. The molecule has 57 heavy (non-hydrogen) atoms. The number of nitrogens with zero attached hydrogens (tertiary/aromatic N) is 6. The van der Waals surface area contributed by atoms with Crippen LogP contribution < -0.4 is 20.7 Å². The lowest BCUT2D eigenvalue weighted by atomic mass is 9.99. The van der Waals surface area contributed by atoms with Crippen molar-refractivity contribution in [2.24, 2.45) is 0 Å². The molecule has 0 saturated carbocycles. The van der Waals surface area contributed by atoms with Crippen molar-refractivity contribution in [1.82, 2.24) is 40.2 Å². The van der Waals surface area contributed by atoms with Gasteiger partial charge in [0.05, 0.1) is 24.4 Å². The molecule has 2 aromatic carbocycles. The molecule has 300 valence electrons. The molecule has 5 heterocycles. The van der Waals surface area contributed by atoms with Gasteiger partial charge in [-0.3, -0.25) is 14.5 Å². The fraction of sp³-hybridized carbons (Fsp3) is 0.432. The largest absolute Gasteiger partial charge is 0.496 e. The van der Waals surface area contributed by atoms with Gasteiger partial charge in [-0.25, -0.2) is 14.6 Å².